The van der Waals surface area contributed by atoms with Crippen molar-refractivity contribution >= 4 is 17.3 Å². The molecule has 1 N–H and O–H groups in total. The number of hydrogen-bond donors (Lipinski definition) is 1. The molecule has 1 heterocycles. The monoisotopic (exact) mass is 419 g/mol. The number of fused-ring (bicyclic) bond motifs is 2. The van der Waals surface area contributed by atoms with Gasteiger partial charge in [-0.3, -0.25) is 0 Å². The number of carbonyl (C=O) groups is 1. The van der Waals surface area contributed by atoms with Gasteiger partial charge in [0.1, 0.15) is 12.4 Å². The Kier molecular flexibility index (Phi) is 6.38. The minimum Gasteiger partial charge on any atom is -0.492 e. The summed E-state index contributed by atoms with van der Waals surface area (Å²) in [5.41, 5.74) is 2.91. The van der Waals surface area contributed by atoms with Gasteiger partial charge in [0.25, 0.3) is 0 Å². The average molecular weight is 419 g/mol. The summed E-state index contributed by atoms with van der Waals surface area (Å²) in [6.07, 6.45) is -0.511. The molecule has 3 aromatic carbocycles. The predicted molar refractivity (Wildman–Crippen MR) is 119 cm³/mol. The zero-order valence-electron chi connectivity index (χ0n) is 17.4. The van der Waals surface area contributed by atoms with Gasteiger partial charge in [0.15, 0.2) is 17.6 Å². The lowest BCUT2D eigenvalue weighted by molar-refractivity contribution is -0.149. The molecule has 1 aliphatic heterocycles. The molecule has 0 saturated carbocycles. The zero-order chi connectivity index (χ0) is 21.6. The molecule has 0 fully saturated rings. The standard InChI is InChI=1S/C25H25NO5/c1-2-29-24(25(27)28)17-18-11-13-19(14-12-18)30-16-15-26-20-7-3-5-9-22(20)31-23-10-6-4-8-21(23)26/h3-14,24H,2,15-17H2,1H3,(H,27,28)/t24-/m1/s1. The highest BCUT2D eigenvalue weighted by Crippen LogP contribution is 2.45. The molecule has 0 aliphatic carbocycles. The van der Waals surface area contributed by atoms with E-state index in [1.807, 2.05) is 72.8 Å². The van der Waals surface area contributed by atoms with Gasteiger partial charge in [-0.1, -0.05) is 36.4 Å². The highest BCUT2D eigenvalue weighted by Gasteiger charge is 2.23. The summed E-state index contributed by atoms with van der Waals surface area (Å²) in [4.78, 5) is 13.5. The van der Waals surface area contributed by atoms with Crippen LogP contribution in [0.1, 0.15) is 12.5 Å². The normalized spacial score (nSPS) is 13.0. The number of hydrogen-bond acceptors (Lipinski definition) is 5. The van der Waals surface area contributed by atoms with Crippen molar-refractivity contribution in [3.05, 3.63) is 78.4 Å². The summed E-state index contributed by atoms with van der Waals surface area (Å²) in [5, 5.41) is 9.24. The van der Waals surface area contributed by atoms with E-state index in [0.717, 1.165) is 34.2 Å². The van der Waals surface area contributed by atoms with Gasteiger partial charge >= 0.3 is 5.97 Å². The van der Waals surface area contributed by atoms with Gasteiger partial charge < -0.3 is 24.2 Å². The molecule has 160 valence electrons. The van der Waals surface area contributed by atoms with Gasteiger partial charge in [0, 0.05) is 13.0 Å². The number of carboxylic acids is 1. The van der Waals surface area contributed by atoms with Gasteiger partial charge in [-0.2, -0.15) is 0 Å². The summed E-state index contributed by atoms with van der Waals surface area (Å²) in [5.74, 6) is 1.44. The molecular weight excluding hydrogens is 394 g/mol. The molecule has 6 heteroatoms. The van der Waals surface area contributed by atoms with Crippen LogP contribution >= 0.6 is 0 Å². The van der Waals surface area contributed by atoms with Crippen LogP contribution in [0.25, 0.3) is 0 Å². The van der Waals surface area contributed by atoms with Crippen LogP contribution in [0.3, 0.4) is 0 Å². The number of anilines is 2. The molecule has 0 bridgehead atoms. The number of para-hydroxylation sites is 4. The minimum atomic E-state index is -0.951. The maximum atomic E-state index is 11.3. The van der Waals surface area contributed by atoms with E-state index in [4.69, 9.17) is 14.2 Å². The van der Waals surface area contributed by atoms with Gasteiger partial charge in [-0.15, -0.1) is 0 Å². The van der Waals surface area contributed by atoms with Crippen LogP contribution in [0, 0.1) is 0 Å². The molecule has 0 radical (unpaired) electrons. The van der Waals surface area contributed by atoms with Gasteiger partial charge in [-0.25, -0.2) is 4.79 Å². The second-order valence-electron chi connectivity index (χ2n) is 7.17. The Morgan fingerprint density at radius 1 is 0.968 bits per heavy atom. The average Bonchev–Trinajstić information content (AvgIpc) is 2.79. The lowest BCUT2D eigenvalue weighted by Crippen LogP contribution is -2.26. The summed E-state index contributed by atoms with van der Waals surface area (Å²) >= 11 is 0. The number of carboxylic acid groups (broad SMARTS) is 1. The zero-order valence-corrected chi connectivity index (χ0v) is 17.4. The highest BCUT2D eigenvalue weighted by molar-refractivity contribution is 5.77. The van der Waals surface area contributed by atoms with E-state index in [0.29, 0.717) is 26.2 Å². The van der Waals surface area contributed by atoms with Crippen LogP contribution in [0.5, 0.6) is 17.2 Å². The van der Waals surface area contributed by atoms with Gasteiger partial charge in [0.05, 0.1) is 17.9 Å². The first-order chi connectivity index (χ1) is 15.2. The number of benzene rings is 3. The summed E-state index contributed by atoms with van der Waals surface area (Å²) < 4.78 is 17.3. The molecular formula is C25H25NO5. The van der Waals surface area contributed by atoms with Crippen LogP contribution in [-0.4, -0.2) is 36.9 Å². The van der Waals surface area contributed by atoms with Crippen molar-refractivity contribution < 1.29 is 24.1 Å². The van der Waals surface area contributed by atoms with Crippen molar-refractivity contribution in [3.8, 4) is 17.2 Å². The fourth-order valence-electron chi connectivity index (χ4n) is 3.63. The van der Waals surface area contributed by atoms with E-state index in [2.05, 4.69) is 4.90 Å². The molecule has 0 unspecified atom stereocenters. The van der Waals surface area contributed by atoms with E-state index in [9.17, 15) is 9.90 Å². The van der Waals surface area contributed by atoms with Gasteiger partial charge in [0.2, 0.25) is 0 Å². The Bertz CT molecular complexity index is 989. The number of aliphatic carboxylic acids is 1. The third kappa shape index (κ3) is 4.81. The van der Waals surface area contributed by atoms with Crippen LogP contribution in [-0.2, 0) is 16.0 Å². The Morgan fingerprint density at radius 2 is 1.58 bits per heavy atom. The molecule has 3 aromatic rings. The van der Waals surface area contributed by atoms with Crippen molar-refractivity contribution in [1.82, 2.24) is 0 Å². The molecule has 1 aliphatic rings. The lowest BCUT2D eigenvalue weighted by Gasteiger charge is -2.32. The Morgan fingerprint density at radius 3 is 2.16 bits per heavy atom. The number of nitrogens with zero attached hydrogens (tertiary/aromatic N) is 1. The van der Waals surface area contributed by atoms with Crippen LogP contribution in [0.4, 0.5) is 11.4 Å². The molecule has 0 saturated heterocycles. The van der Waals surface area contributed by atoms with E-state index < -0.39 is 12.1 Å². The SMILES string of the molecule is CCO[C@H](Cc1ccc(OCCN2c3ccccc3Oc3ccccc32)cc1)C(=O)O. The van der Waals surface area contributed by atoms with Crippen molar-refractivity contribution in [3.63, 3.8) is 0 Å². The second-order valence-corrected chi connectivity index (χ2v) is 7.17. The second kappa shape index (κ2) is 9.53. The summed E-state index contributed by atoms with van der Waals surface area (Å²) in [6.45, 7) is 3.30. The van der Waals surface area contributed by atoms with E-state index in [1.54, 1.807) is 6.92 Å². The van der Waals surface area contributed by atoms with E-state index in [-0.39, 0.29) is 0 Å². The minimum absolute atomic E-state index is 0.324. The largest absolute Gasteiger partial charge is 0.492 e. The number of rotatable bonds is 9. The fraction of sp³-hybridized carbons (Fsp3) is 0.240. The van der Waals surface area contributed by atoms with Crippen molar-refractivity contribution in [2.45, 2.75) is 19.4 Å². The van der Waals surface area contributed by atoms with E-state index in [1.165, 1.54) is 0 Å². The third-order valence-electron chi connectivity index (χ3n) is 5.10. The van der Waals surface area contributed by atoms with Crippen LogP contribution < -0.4 is 14.4 Å². The molecule has 6 nitrogen and oxygen atoms in total. The smallest absolute Gasteiger partial charge is 0.333 e. The third-order valence-corrected chi connectivity index (χ3v) is 5.10. The fourth-order valence-corrected chi connectivity index (χ4v) is 3.63. The predicted octanol–water partition coefficient (Wildman–Crippen LogP) is 5.04. The van der Waals surface area contributed by atoms with Gasteiger partial charge in [-0.05, 0) is 48.9 Å². The van der Waals surface area contributed by atoms with E-state index >= 15 is 0 Å². The molecule has 0 amide bonds. The number of ether oxygens (including phenoxy) is 3. The lowest BCUT2D eigenvalue weighted by atomic mass is 10.1. The van der Waals surface area contributed by atoms with Crippen LogP contribution in [0.15, 0.2) is 72.8 Å². The molecule has 0 aromatic heterocycles. The molecule has 1 atom stereocenters. The molecule has 0 spiro atoms. The quantitative estimate of drug-likeness (QED) is 0.524. The summed E-state index contributed by atoms with van der Waals surface area (Å²) in [7, 11) is 0. The van der Waals surface area contributed by atoms with Crippen molar-refractivity contribution in [2.75, 3.05) is 24.7 Å². The van der Waals surface area contributed by atoms with Crippen molar-refractivity contribution in [2.24, 2.45) is 0 Å². The first-order valence-electron chi connectivity index (χ1n) is 10.4. The first-order valence-corrected chi connectivity index (χ1v) is 10.4. The first kappa shape index (κ1) is 20.8. The Hall–Kier alpha value is -3.51. The Labute approximate surface area is 181 Å². The topological polar surface area (TPSA) is 68.2 Å². The van der Waals surface area contributed by atoms with Crippen molar-refractivity contribution in [1.29, 1.82) is 0 Å². The molecule has 31 heavy (non-hydrogen) atoms. The maximum Gasteiger partial charge on any atom is 0.333 e. The maximum absolute atomic E-state index is 11.3. The Balaban J connectivity index is 1.39. The highest BCUT2D eigenvalue weighted by atomic mass is 16.5. The summed E-state index contributed by atoms with van der Waals surface area (Å²) in [6, 6.07) is 23.4. The van der Waals surface area contributed by atoms with Crippen LogP contribution in [0.2, 0.25) is 0 Å². The molecule has 4 rings (SSSR count).